The number of hydrogen-bond acceptors (Lipinski definition) is 7. The fourth-order valence-corrected chi connectivity index (χ4v) is 3.97. The third-order valence-corrected chi connectivity index (χ3v) is 5.72. The summed E-state index contributed by atoms with van der Waals surface area (Å²) in [5.74, 6) is -1.20. The summed E-state index contributed by atoms with van der Waals surface area (Å²) in [5, 5.41) is 6.66. The summed E-state index contributed by atoms with van der Waals surface area (Å²) in [7, 11) is 0. The Kier molecular flexibility index (Phi) is 8.55. The molecular weight excluding hydrogens is 436 g/mol. The Bertz CT molecular complexity index is 977. The van der Waals surface area contributed by atoms with Gasteiger partial charge in [-0.25, -0.2) is 0 Å². The predicted molar refractivity (Wildman–Crippen MR) is 126 cm³/mol. The van der Waals surface area contributed by atoms with Crippen molar-refractivity contribution in [3.63, 3.8) is 0 Å². The molecular formula is C25H34N4O5. The molecule has 0 bridgehead atoms. The molecule has 3 rings (SSSR count). The van der Waals surface area contributed by atoms with Gasteiger partial charge in [0.15, 0.2) is 0 Å². The van der Waals surface area contributed by atoms with Gasteiger partial charge in [0.05, 0.1) is 19.3 Å². The highest BCUT2D eigenvalue weighted by Gasteiger charge is 2.33. The number of carbonyl (C=O) groups excluding carboxylic acids is 3. The Morgan fingerprint density at radius 2 is 1.79 bits per heavy atom. The number of ether oxygens (including phenoxy) is 1. The maximum absolute atomic E-state index is 13.2. The molecule has 1 aliphatic rings. The van der Waals surface area contributed by atoms with Gasteiger partial charge in [-0.1, -0.05) is 51.1 Å². The normalized spacial score (nSPS) is 16.1. The monoisotopic (exact) mass is 470 g/mol. The van der Waals surface area contributed by atoms with Gasteiger partial charge in [0.25, 0.3) is 5.89 Å². The zero-order chi connectivity index (χ0) is 24.7. The van der Waals surface area contributed by atoms with Crippen LogP contribution in [0.5, 0.6) is 0 Å². The molecule has 2 unspecified atom stereocenters. The Morgan fingerprint density at radius 1 is 1.12 bits per heavy atom. The van der Waals surface area contributed by atoms with Crippen LogP contribution in [0.15, 0.2) is 34.9 Å². The van der Waals surface area contributed by atoms with E-state index in [4.69, 9.17) is 9.26 Å². The average Bonchev–Trinajstić information content (AvgIpc) is 3.32. The SMILES string of the molecule is CCC(NC(=O)C(CC(=O)N1CCOCC1)CC(C)(C)C)C(=O)c1noc(-c2ccccc2)n1. The molecule has 1 saturated heterocycles. The van der Waals surface area contributed by atoms with Crippen molar-refractivity contribution in [1.82, 2.24) is 20.4 Å². The lowest BCUT2D eigenvalue weighted by atomic mass is 9.82. The highest BCUT2D eigenvalue weighted by molar-refractivity contribution is 5.99. The molecule has 0 radical (unpaired) electrons. The summed E-state index contributed by atoms with van der Waals surface area (Å²) >= 11 is 0. The minimum atomic E-state index is -0.810. The van der Waals surface area contributed by atoms with E-state index in [0.717, 1.165) is 0 Å². The van der Waals surface area contributed by atoms with Gasteiger partial charge >= 0.3 is 0 Å². The maximum atomic E-state index is 13.2. The minimum absolute atomic E-state index is 0.0715. The molecule has 1 N–H and O–H groups in total. The summed E-state index contributed by atoms with van der Waals surface area (Å²) in [5.41, 5.74) is 0.537. The highest BCUT2D eigenvalue weighted by Crippen LogP contribution is 2.27. The van der Waals surface area contributed by atoms with Crippen molar-refractivity contribution in [2.24, 2.45) is 11.3 Å². The van der Waals surface area contributed by atoms with Gasteiger partial charge in [0.2, 0.25) is 23.4 Å². The molecule has 0 spiro atoms. The van der Waals surface area contributed by atoms with E-state index in [-0.39, 0.29) is 35.4 Å². The van der Waals surface area contributed by atoms with Gasteiger partial charge in [-0.15, -0.1) is 0 Å². The number of rotatable bonds is 9. The fraction of sp³-hybridized carbons (Fsp3) is 0.560. The molecule has 184 valence electrons. The molecule has 1 aliphatic heterocycles. The summed E-state index contributed by atoms with van der Waals surface area (Å²) in [6.07, 6.45) is 0.966. The quantitative estimate of drug-likeness (QED) is 0.560. The smallest absolute Gasteiger partial charge is 0.258 e. The zero-order valence-electron chi connectivity index (χ0n) is 20.4. The van der Waals surface area contributed by atoms with E-state index < -0.39 is 17.7 Å². The number of morpholine rings is 1. The molecule has 2 atom stereocenters. The highest BCUT2D eigenvalue weighted by atomic mass is 16.5. The van der Waals surface area contributed by atoms with E-state index in [1.807, 2.05) is 51.1 Å². The average molecular weight is 471 g/mol. The Labute approximate surface area is 200 Å². The van der Waals surface area contributed by atoms with Crippen LogP contribution in [-0.4, -0.2) is 65.0 Å². The topological polar surface area (TPSA) is 115 Å². The molecule has 9 nitrogen and oxygen atoms in total. The van der Waals surface area contributed by atoms with Gasteiger partial charge in [0, 0.05) is 31.0 Å². The summed E-state index contributed by atoms with van der Waals surface area (Å²) in [6.45, 7) is 9.95. The number of carbonyl (C=O) groups is 3. The van der Waals surface area contributed by atoms with E-state index >= 15 is 0 Å². The first-order valence-electron chi connectivity index (χ1n) is 11.8. The van der Waals surface area contributed by atoms with Gasteiger partial charge in [0.1, 0.15) is 0 Å². The minimum Gasteiger partial charge on any atom is -0.378 e. The van der Waals surface area contributed by atoms with E-state index in [2.05, 4.69) is 15.5 Å². The lowest BCUT2D eigenvalue weighted by Crippen LogP contribution is -2.47. The first-order chi connectivity index (χ1) is 16.2. The molecule has 1 fully saturated rings. The van der Waals surface area contributed by atoms with Crippen molar-refractivity contribution in [2.75, 3.05) is 26.3 Å². The molecule has 2 aromatic rings. The fourth-order valence-electron chi connectivity index (χ4n) is 3.97. The Morgan fingerprint density at radius 3 is 2.41 bits per heavy atom. The molecule has 34 heavy (non-hydrogen) atoms. The number of amides is 2. The second-order valence-corrected chi connectivity index (χ2v) is 9.78. The van der Waals surface area contributed by atoms with Gasteiger partial charge in [-0.05, 0) is 30.4 Å². The first kappa shape index (κ1) is 25.6. The molecule has 1 aromatic carbocycles. The first-order valence-corrected chi connectivity index (χ1v) is 11.8. The summed E-state index contributed by atoms with van der Waals surface area (Å²) < 4.78 is 10.6. The number of aromatic nitrogens is 2. The second-order valence-electron chi connectivity index (χ2n) is 9.78. The van der Waals surface area contributed by atoms with Crippen LogP contribution >= 0.6 is 0 Å². The van der Waals surface area contributed by atoms with Crippen LogP contribution in [0, 0.1) is 11.3 Å². The van der Waals surface area contributed by atoms with Gasteiger partial charge in [-0.2, -0.15) is 4.98 Å². The zero-order valence-corrected chi connectivity index (χ0v) is 20.4. The molecule has 1 aromatic heterocycles. The van der Waals surface area contributed by atoms with Crippen LogP contribution in [0.4, 0.5) is 0 Å². The van der Waals surface area contributed by atoms with Crippen LogP contribution in [0.1, 0.15) is 57.6 Å². The van der Waals surface area contributed by atoms with E-state index in [0.29, 0.717) is 44.7 Å². The van der Waals surface area contributed by atoms with E-state index in [9.17, 15) is 14.4 Å². The number of benzene rings is 1. The van der Waals surface area contributed by atoms with Crippen molar-refractivity contribution in [3.8, 4) is 11.5 Å². The number of hydrogen-bond donors (Lipinski definition) is 1. The number of nitrogens with zero attached hydrogens (tertiary/aromatic N) is 3. The molecule has 2 heterocycles. The molecule has 2 amide bonds. The van der Waals surface area contributed by atoms with Crippen molar-refractivity contribution in [3.05, 3.63) is 36.2 Å². The number of ketones is 1. The largest absolute Gasteiger partial charge is 0.378 e. The lowest BCUT2D eigenvalue weighted by Gasteiger charge is -2.30. The van der Waals surface area contributed by atoms with Gasteiger partial charge in [-0.3, -0.25) is 14.4 Å². The van der Waals surface area contributed by atoms with Crippen LogP contribution in [0.3, 0.4) is 0 Å². The van der Waals surface area contributed by atoms with Crippen LogP contribution < -0.4 is 5.32 Å². The van der Waals surface area contributed by atoms with Crippen molar-refractivity contribution in [2.45, 2.75) is 53.0 Å². The van der Waals surface area contributed by atoms with Crippen molar-refractivity contribution >= 4 is 17.6 Å². The van der Waals surface area contributed by atoms with E-state index in [1.165, 1.54) is 0 Å². The predicted octanol–water partition coefficient (Wildman–Crippen LogP) is 3.12. The molecule has 9 heteroatoms. The van der Waals surface area contributed by atoms with Gasteiger partial charge < -0.3 is 19.5 Å². The number of nitrogens with one attached hydrogen (secondary N) is 1. The third-order valence-electron chi connectivity index (χ3n) is 5.72. The maximum Gasteiger partial charge on any atom is 0.258 e. The number of Topliss-reactive ketones (excluding diaryl/α,β-unsaturated/α-hetero) is 1. The van der Waals surface area contributed by atoms with Crippen LogP contribution in [0.2, 0.25) is 0 Å². The standard InChI is InChI=1S/C25H34N4O5/c1-5-19(21(31)22-27-24(34-28-22)17-9-7-6-8-10-17)26-23(32)18(16-25(2,3)4)15-20(30)29-11-13-33-14-12-29/h6-10,18-19H,5,11-16H2,1-4H3,(H,26,32). The third kappa shape index (κ3) is 6.96. The lowest BCUT2D eigenvalue weighted by molar-refractivity contribution is -0.140. The van der Waals surface area contributed by atoms with Crippen LogP contribution in [-0.2, 0) is 14.3 Å². The Balaban J connectivity index is 1.69. The van der Waals surface area contributed by atoms with Crippen molar-refractivity contribution in [1.29, 1.82) is 0 Å². The second kappa shape index (κ2) is 11.4. The summed E-state index contributed by atoms with van der Waals surface area (Å²) in [6, 6.07) is 8.35. The molecule has 0 saturated carbocycles. The Hall–Kier alpha value is -3.07. The van der Waals surface area contributed by atoms with E-state index in [1.54, 1.807) is 11.8 Å². The summed E-state index contributed by atoms with van der Waals surface area (Å²) in [4.78, 5) is 45.1. The van der Waals surface area contributed by atoms with Crippen molar-refractivity contribution < 1.29 is 23.6 Å². The van der Waals surface area contributed by atoms with Crippen LogP contribution in [0.25, 0.3) is 11.5 Å². The molecule has 0 aliphatic carbocycles.